The fourth-order valence-electron chi connectivity index (χ4n) is 9.35. The summed E-state index contributed by atoms with van der Waals surface area (Å²) in [5.74, 6) is -3.52. The summed E-state index contributed by atoms with van der Waals surface area (Å²) in [7, 11) is 0. The first-order valence-electron chi connectivity index (χ1n) is 24.6. The van der Waals surface area contributed by atoms with E-state index < -0.39 is 52.4 Å². The third kappa shape index (κ3) is 11.0. The molecule has 3 amide bonds. The molecule has 0 aliphatic carbocycles. The van der Waals surface area contributed by atoms with E-state index in [9.17, 15) is 43.2 Å². The van der Waals surface area contributed by atoms with Gasteiger partial charge >= 0.3 is 0 Å². The SMILES string of the molecule is O=C(c1ccc(OCCCN2C(=O)C(=O)c3cc(Br)ccc32)cc1)c1cc(C(=O)c2ccc(OCCCN3C(=O)C(=O)c4cc(Br)ccc43)cc2)cc(C(=O)c2ccc(OCCCN3C(=O)C(=O)c4cc(Br)ccc43)cc2)c1. The van der Waals surface area contributed by atoms with Crippen LogP contribution in [0, 0.1) is 0 Å². The highest BCUT2D eigenvalue weighted by Gasteiger charge is 2.38. The average molecular weight is 1240 g/mol. The Labute approximate surface area is 471 Å². The number of amides is 3. The first-order chi connectivity index (χ1) is 37.6. The fourth-order valence-corrected chi connectivity index (χ4v) is 10.4. The number of halogens is 3. The Kier molecular flexibility index (Phi) is 15.6. The quantitative estimate of drug-likeness (QED) is 0.0376. The minimum Gasteiger partial charge on any atom is -0.494 e. The molecular formula is C60H42Br3N3O12. The predicted octanol–water partition coefficient (Wildman–Crippen LogP) is 10.7. The van der Waals surface area contributed by atoms with Crippen molar-refractivity contribution in [2.75, 3.05) is 54.2 Å². The average Bonchev–Trinajstić information content (AvgIpc) is 4.06. The molecule has 3 aliphatic rings. The molecule has 0 fully saturated rings. The number of rotatable bonds is 21. The van der Waals surface area contributed by atoms with Crippen molar-refractivity contribution < 1.29 is 57.4 Å². The molecule has 10 rings (SSSR count). The van der Waals surface area contributed by atoms with Crippen LogP contribution in [0.1, 0.15) is 98.1 Å². The van der Waals surface area contributed by atoms with E-state index in [1.54, 1.807) is 127 Å². The number of ether oxygens (including phenoxy) is 3. The van der Waals surface area contributed by atoms with Gasteiger partial charge in [-0.3, -0.25) is 43.2 Å². The summed E-state index contributed by atoms with van der Waals surface area (Å²) in [5.41, 5.74) is 3.68. The van der Waals surface area contributed by atoms with E-state index in [1.165, 1.54) is 32.9 Å². The van der Waals surface area contributed by atoms with Gasteiger partial charge in [-0.05, 0) is 165 Å². The molecule has 0 saturated carbocycles. The van der Waals surface area contributed by atoms with E-state index in [-0.39, 0.29) is 72.8 Å². The highest BCUT2D eigenvalue weighted by Crippen LogP contribution is 2.35. The van der Waals surface area contributed by atoms with E-state index in [1.807, 2.05) is 0 Å². The maximum absolute atomic E-state index is 14.2. The van der Waals surface area contributed by atoms with E-state index in [4.69, 9.17) is 14.2 Å². The van der Waals surface area contributed by atoms with E-state index in [0.717, 1.165) is 0 Å². The minimum atomic E-state index is -0.599. The lowest BCUT2D eigenvalue weighted by Gasteiger charge is -2.16. The number of carbonyl (C=O) groups excluding carboxylic acids is 9. The molecule has 0 unspecified atom stereocenters. The summed E-state index contributed by atoms with van der Waals surface area (Å²) < 4.78 is 19.9. The van der Waals surface area contributed by atoms with Gasteiger partial charge in [0.2, 0.25) is 0 Å². The van der Waals surface area contributed by atoms with Crippen LogP contribution in [0.4, 0.5) is 17.1 Å². The van der Waals surface area contributed by atoms with Crippen LogP contribution in [-0.4, -0.2) is 91.9 Å². The molecule has 0 bridgehead atoms. The molecule has 0 N–H and O–H groups in total. The van der Waals surface area contributed by atoms with Crippen molar-refractivity contribution in [3.05, 3.63) is 209 Å². The van der Waals surface area contributed by atoms with Crippen LogP contribution in [0.3, 0.4) is 0 Å². The Hall–Kier alpha value is -8.19. The third-order valence-corrected chi connectivity index (χ3v) is 14.7. The molecule has 18 heteroatoms. The number of Topliss-reactive ketones (excluding diaryl/α,β-unsaturated/α-hetero) is 3. The maximum atomic E-state index is 14.2. The van der Waals surface area contributed by atoms with Crippen LogP contribution in [0.5, 0.6) is 17.2 Å². The number of benzene rings is 7. The molecule has 0 aromatic heterocycles. The Morgan fingerprint density at radius 1 is 0.333 bits per heavy atom. The highest BCUT2D eigenvalue weighted by molar-refractivity contribution is 9.11. The lowest BCUT2D eigenvalue weighted by Crippen LogP contribution is -2.31. The van der Waals surface area contributed by atoms with E-state index in [0.29, 0.717) is 83.7 Å². The highest BCUT2D eigenvalue weighted by atomic mass is 79.9. The van der Waals surface area contributed by atoms with Gasteiger partial charge in [0.1, 0.15) is 17.2 Å². The molecule has 3 heterocycles. The Balaban J connectivity index is 0.806. The van der Waals surface area contributed by atoms with Crippen LogP contribution >= 0.6 is 47.8 Å². The molecule has 0 radical (unpaired) electrons. The fraction of sp³-hybridized carbons (Fsp3) is 0.150. The second kappa shape index (κ2) is 22.8. The number of carbonyl (C=O) groups is 9. The van der Waals surface area contributed by atoms with E-state index >= 15 is 0 Å². The Morgan fingerprint density at radius 2 is 0.590 bits per heavy atom. The van der Waals surface area contributed by atoms with Crippen LogP contribution in [0.2, 0.25) is 0 Å². The van der Waals surface area contributed by atoms with Gasteiger partial charge in [-0.2, -0.15) is 0 Å². The summed E-state index contributed by atoms with van der Waals surface area (Å²) in [6.45, 7) is 1.41. The molecule has 7 aromatic rings. The molecule has 78 heavy (non-hydrogen) atoms. The molecule has 390 valence electrons. The number of ketones is 6. The van der Waals surface area contributed by atoms with Gasteiger partial charge in [0.25, 0.3) is 35.1 Å². The van der Waals surface area contributed by atoms with Gasteiger partial charge in [0.05, 0.1) is 53.6 Å². The van der Waals surface area contributed by atoms with Crippen LogP contribution < -0.4 is 28.9 Å². The van der Waals surface area contributed by atoms with Gasteiger partial charge in [0, 0.05) is 66.4 Å². The second-order valence-electron chi connectivity index (χ2n) is 18.3. The normalized spacial score (nSPS) is 13.5. The molecule has 15 nitrogen and oxygen atoms in total. The molecule has 0 atom stereocenters. The van der Waals surface area contributed by atoms with Gasteiger partial charge in [0.15, 0.2) is 17.3 Å². The number of nitrogens with zero attached hydrogens (tertiary/aromatic N) is 3. The summed E-state index contributed by atoms with van der Waals surface area (Å²) in [4.78, 5) is 123. The molecular weight excluding hydrogens is 1190 g/mol. The zero-order valence-electron chi connectivity index (χ0n) is 41.1. The van der Waals surface area contributed by atoms with Crippen molar-refractivity contribution in [1.29, 1.82) is 0 Å². The molecule has 3 aliphatic heterocycles. The van der Waals surface area contributed by atoms with Crippen LogP contribution in [0.25, 0.3) is 0 Å². The maximum Gasteiger partial charge on any atom is 0.299 e. The van der Waals surface area contributed by atoms with Gasteiger partial charge < -0.3 is 28.9 Å². The zero-order valence-corrected chi connectivity index (χ0v) is 45.9. The van der Waals surface area contributed by atoms with Crippen molar-refractivity contribution in [2.24, 2.45) is 0 Å². The summed E-state index contributed by atoms with van der Waals surface area (Å²) >= 11 is 10.0. The standard InChI is InChI=1S/C60H42Br3N3O12/c61-40-10-19-49-46(31-40)55(70)58(73)64(49)22-1-25-76-43-13-4-34(5-14-43)52(67)37-28-38(53(68)35-6-15-44(16-7-35)77-26-2-23-65-50-20-11-41(62)32-47(50)56(71)59(65)74)30-39(29-37)54(69)36-8-17-45(18-9-36)78-27-3-24-66-51-21-12-42(63)33-48(51)57(72)60(66)75/h4-21,28-33H,1-3,22-27H2. The molecule has 7 aromatic carbocycles. The van der Waals surface area contributed by atoms with Crippen molar-refractivity contribution in [3.63, 3.8) is 0 Å². The second-order valence-corrected chi connectivity index (χ2v) is 21.1. The van der Waals surface area contributed by atoms with E-state index in [2.05, 4.69) is 47.8 Å². The lowest BCUT2D eigenvalue weighted by molar-refractivity contribution is -0.114. The monoisotopic (exact) mass is 1230 g/mol. The van der Waals surface area contributed by atoms with Crippen molar-refractivity contribution in [2.45, 2.75) is 19.3 Å². The lowest BCUT2D eigenvalue weighted by atomic mass is 9.92. The topological polar surface area (TPSA) is 191 Å². The first kappa shape index (κ1) is 53.2. The summed E-state index contributed by atoms with van der Waals surface area (Å²) in [5, 5.41) is 0. The zero-order chi connectivity index (χ0) is 54.8. The molecule has 0 spiro atoms. The minimum absolute atomic E-state index is 0.0804. The number of anilines is 3. The molecule has 0 saturated heterocycles. The van der Waals surface area contributed by atoms with Crippen LogP contribution in [0.15, 0.2) is 159 Å². The van der Waals surface area contributed by atoms with Crippen LogP contribution in [-0.2, 0) is 14.4 Å². The number of hydrogen-bond acceptors (Lipinski definition) is 12. The third-order valence-electron chi connectivity index (χ3n) is 13.3. The van der Waals surface area contributed by atoms with Crippen molar-refractivity contribution in [3.8, 4) is 17.2 Å². The summed E-state index contributed by atoms with van der Waals surface area (Å²) in [6.07, 6.45) is 1.25. The Bertz CT molecular complexity index is 3270. The summed E-state index contributed by atoms with van der Waals surface area (Å²) in [6, 6.07) is 38.8. The predicted molar refractivity (Wildman–Crippen MR) is 299 cm³/mol. The number of fused-ring (bicyclic) bond motifs is 3. The largest absolute Gasteiger partial charge is 0.494 e. The smallest absolute Gasteiger partial charge is 0.299 e. The Morgan fingerprint density at radius 3 is 0.846 bits per heavy atom. The number of hydrogen-bond donors (Lipinski definition) is 0. The first-order valence-corrected chi connectivity index (χ1v) is 27.0. The van der Waals surface area contributed by atoms with Gasteiger partial charge in [-0.1, -0.05) is 47.8 Å². The van der Waals surface area contributed by atoms with Crippen molar-refractivity contribution in [1.82, 2.24) is 0 Å². The van der Waals surface area contributed by atoms with Gasteiger partial charge in [-0.25, -0.2) is 0 Å². The van der Waals surface area contributed by atoms with Crippen molar-refractivity contribution >= 4 is 117 Å². The van der Waals surface area contributed by atoms with Gasteiger partial charge in [-0.15, -0.1) is 0 Å².